The minimum absolute atomic E-state index is 0.0142. The summed E-state index contributed by atoms with van der Waals surface area (Å²) in [4.78, 5) is 36.2. The minimum atomic E-state index is -4.51. The summed E-state index contributed by atoms with van der Waals surface area (Å²) < 4.78 is 44.6. The first-order valence-electron chi connectivity index (χ1n) is 12.0. The minimum Gasteiger partial charge on any atom is -0.329 e. The van der Waals surface area contributed by atoms with Gasteiger partial charge in [-0.25, -0.2) is 4.79 Å². The number of pyridine rings is 2. The second-order valence-corrected chi connectivity index (χ2v) is 9.27. The van der Waals surface area contributed by atoms with Crippen molar-refractivity contribution in [3.05, 3.63) is 71.7 Å². The van der Waals surface area contributed by atoms with Crippen LogP contribution in [0.1, 0.15) is 12.8 Å². The van der Waals surface area contributed by atoms with Crippen LogP contribution in [0.4, 0.5) is 13.2 Å². The van der Waals surface area contributed by atoms with E-state index in [-0.39, 0.29) is 19.4 Å². The van der Waals surface area contributed by atoms with Crippen molar-refractivity contribution in [3.63, 3.8) is 0 Å². The number of imidazole rings is 1. The topological polar surface area (TPSA) is 90.8 Å². The summed E-state index contributed by atoms with van der Waals surface area (Å²) in [5.74, 6) is -0.736. The van der Waals surface area contributed by atoms with Crippen LogP contribution in [0, 0.1) is 0 Å². The van der Waals surface area contributed by atoms with Gasteiger partial charge in [0.05, 0.1) is 46.5 Å². The van der Waals surface area contributed by atoms with Gasteiger partial charge in [0.2, 0.25) is 5.91 Å². The number of hydrogen-bond acceptors (Lipinski definition) is 5. The molecule has 1 aromatic carbocycles. The van der Waals surface area contributed by atoms with Crippen molar-refractivity contribution in [2.75, 3.05) is 6.54 Å². The largest absolute Gasteiger partial charge is 0.408 e. The Bertz CT molecular complexity index is 1730. The lowest BCUT2D eigenvalue weighted by atomic mass is 10.1. The van der Waals surface area contributed by atoms with E-state index in [2.05, 4.69) is 15.1 Å². The maximum absolute atomic E-state index is 13.5. The van der Waals surface area contributed by atoms with E-state index in [9.17, 15) is 22.8 Å². The van der Waals surface area contributed by atoms with Crippen LogP contribution in [0.2, 0.25) is 0 Å². The lowest BCUT2D eigenvalue weighted by Crippen LogP contribution is -2.46. The molecule has 0 saturated carbocycles. The molecule has 1 fully saturated rings. The van der Waals surface area contributed by atoms with E-state index >= 15 is 0 Å². The summed E-state index contributed by atoms with van der Waals surface area (Å²) in [5.41, 5.74) is 3.16. The Morgan fingerprint density at radius 1 is 1.03 bits per heavy atom. The molecule has 4 aromatic heterocycles. The Kier molecular flexibility index (Phi) is 5.55. The van der Waals surface area contributed by atoms with Crippen LogP contribution in [0.15, 0.2) is 66.0 Å². The first kappa shape index (κ1) is 23.9. The molecule has 1 aliphatic heterocycles. The number of likely N-dealkylation sites (tertiary alicyclic amines) is 1. The number of benzene rings is 1. The van der Waals surface area contributed by atoms with Gasteiger partial charge in [0.25, 0.3) is 0 Å². The highest BCUT2D eigenvalue weighted by Crippen LogP contribution is 2.33. The predicted molar refractivity (Wildman–Crippen MR) is 134 cm³/mol. The van der Waals surface area contributed by atoms with E-state index < -0.39 is 30.4 Å². The molecule has 0 aliphatic carbocycles. The molecule has 0 N–H and O–H groups in total. The van der Waals surface area contributed by atoms with Gasteiger partial charge in [-0.05, 0) is 37.1 Å². The van der Waals surface area contributed by atoms with Crippen LogP contribution in [-0.2, 0) is 18.4 Å². The summed E-state index contributed by atoms with van der Waals surface area (Å²) in [5, 5.41) is 5.16. The molecule has 6 rings (SSSR count). The maximum atomic E-state index is 13.5. The molecule has 1 atom stereocenters. The highest BCUT2D eigenvalue weighted by Gasteiger charge is 2.47. The number of rotatable bonds is 4. The average Bonchev–Trinajstić information content (AvgIpc) is 3.61. The van der Waals surface area contributed by atoms with E-state index in [4.69, 9.17) is 0 Å². The van der Waals surface area contributed by atoms with Crippen molar-refractivity contribution >= 4 is 27.8 Å². The van der Waals surface area contributed by atoms with Gasteiger partial charge in [-0.2, -0.15) is 18.3 Å². The zero-order chi connectivity index (χ0) is 26.6. The molecule has 0 unspecified atom stereocenters. The monoisotopic (exact) mass is 521 g/mol. The summed E-state index contributed by atoms with van der Waals surface area (Å²) in [6.45, 7) is -0.473. The fourth-order valence-corrected chi connectivity index (χ4v) is 5.18. The van der Waals surface area contributed by atoms with Crippen LogP contribution >= 0.6 is 0 Å². The molecule has 0 radical (unpaired) electrons. The number of carbonyl (C=O) groups is 1. The first-order valence-corrected chi connectivity index (χ1v) is 12.0. The summed E-state index contributed by atoms with van der Waals surface area (Å²) in [6.07, 6.45) is 2.33. The van der Waals surface area contributed by atoms with Gasteiger partial charge < -0.3 is 4.90 Å². The van der Waals surface area contributed by atoms with Crippen LogP contribution in [0.25, 0.3) is 38.9 Å². The summed E-state index contributed by atoms with van der Waals surface area (Å²) in [7, 11) is 1.82. The van der Waals surface area contributed by atoms with Crippen LogP contribution in [0.5, 0.6) is 0 Å². The third-order valence-electron chi connectivity index (χ3n) is 7.04. The SMILES string of the molecule is Cn1ncc2c(-c3ccc(-n4c(=O)n(CC(=O)N5CCC[C@H]5C(F)(F)F)c5ccccc54)cn3)cncc21. The Labute approximate surface area is 213 Å². The molecule has 194 valence electrons. The molecule has 1 aliphatic rings. The van der Waals surface area contributed by atoms with E-state index in [0.717, 1.165) is 21.4 Å². The van der Waals surface area contributed by atoms with Gasteiger partial charge >= 0.3 is 11.9 Å². The van der Waals surface area contributed by atoms with Gasteiger partial charge in [-0.3, -0.25) is 28.6 Å². The van der Waals surface area contributed by atoms with Crippen LogP contribution < -0.4 is 5.69 Å². The van der Waals surface area contributed by atoms with Crippen molar-refractivity contribution in [1.82, 2.24) is 33.8 Å². The van der Waals surface area contributed by atoms with Gasteiger partial charge in [-0.1, -0.05) is 12.1 Å². The quantitative estimate of drug-likeness (QED) is 0.360. The molecule has 5 aromatic rings. The summed E-state index contributed by atoms with van der Waals surface area (Å²) >= 11 is 0. The number of carbonyl (C=O) groups excluding carboxylic acids is 1. The van der Waals surface area contributed by atoms with Crippen molar-refractivity contribution in [2.45, 2.75) is 31.6 Å². The standard InChI is InChI=1S/C26H22F3N7O2/c1-33-22-14-30-12-17(18(22)13-32-33)19-9-8-16(11-31-19)36-21-6-3-2-5-20(21)35(25(36)38)15-24(37)34-10-4-7-23(34)26(27,28)29/h2-3,5-6,8-9,11-14,23H,4,7,10,15H2,1H3/t23-/m0/s1. The van der Waals surface area contributed by atoms with Crippen molar-refractivity contribution in [1.29, 1.82) is 0 Å². The molecule has 0 spiro atoms. The van der Waals surface area contributed by atoms with E-state index in [1.165, 1.54) is 9.13 Å². The Hall–Kier alpha value is -4.48. The average molecular weight is 522 g/mol. The molecule has 5 heterocycles. The number of fused-ring (bicyclic) bond motifs is 2. The van der Waals surface area contributed by atoms with Crippen molar-refractivity contribution < 1.29 is 18.0 Å². The zero-order valence-corrected chi connectivity index (χ0v) is 20.3. The highest BCUT2D eigenvalue weighted by atomic mass is 19.4. The lowest BCUT2D eigenvalue weighted by Gasteiger charge is -2.26. The second kappa shape index (κ2) is 8.82. The number of hydrogen-bond donors (Lipinski definition) is 0. The van der Waals surface area contributed by atoms with E-state index in [1.807, 2.05) is 7.05 Å². The zero-order valence-electron chi connectivity index (χ0n) is 20.3. The fraction of sp³-hybridized carbons (Fsp3) is 0.269. The normalized spacial score (nSPS) is 16.1. The Balaban J connectivity index is 1.37. The van der Waals surface area contributed by atoms with Crippen LogP contribution in [0.3, 0.4) is 0 Å². The Morgan fingerprint density at radius 2 is 1.82 bits per heavy atom. The number of aromatic nitrogens is 6. The van der Waals surface area contributed by atoms with Crippen molar-refractivity contribution in [3.8, 4) is 16.9 Å². The number of halogens is 3. The molecule has 1 saturated heterocycles. The number of para-hydroxylation sites is 2. The lowest BCUT2D eigenvalue weighted by molar-refractivity contribution is -0.182. The van der Waals surface area contributed by atoms with E-state index in [0.29, 0.717) is 22.4 Å². The molecular weight excluding hydrogens is 499 g/mol. The fourth-order valence-electron chi connectivity index (χ4n) is 5.18. The van der Waals surface area contributed by atoms with Gasteiger partial charge in [0.15, 0.2) is 0 Å². The Morgan fingerprint density at radius 3 is 2.55 bits per heavy atom. The molecule has 1 amide bonds. The second-order valence-electron chi connectivity index (χ2n) is 9.27. The molecular formula is C26H22F3N7O2. The smallest absolute Gasteiger partial charge is 0.329 e. The molecule has 0 bridgehead atoms. The predicted octanol–water partition coefficient (Wildman–Crippen LogP) is 3.69. The van der Waals surface area contributed by atoms with Gasteiger partial charge in [-0.15, -0.1) is 0 Å². The third kappa shape index (κ3) is 3.83. The number of amides is 1. The van der Waals surface area contributed by atoms with E-state index in [1.54, 1.807) is 65.9 Å². The van der Waals surface area contributed by atoms with Gasteiger partial charge in [0, 0.05) is 30.7 Å². The number of nitrogens with zero attached hydrogens (tertiary/aromatic N) is 7. The molecule has 9 nitrogen and oxygen atoms in total. The van der Waals surface area contributed by atoms with Crippen molar-refractivity contribution in [2.24, 2.45) is 7.05 Å². The number of alkyl halides is 3. The van der Waals surface area contributed by atoms with Gasteiger partial charge in [0.1, 0.15) is 12.6 Å². The van der Waals surface area contributed by atoms with Crippen LogP contribution in [-0.4, -0.2) is 58.5 Å². The first-order chi connectivity index (χ1) is 18.2. The number of aryl methyl sites for hydroxylation is 1. The highest BCUT2D eigenvalue weighted by molar-refractivity contribution is 5.92. The summed E-state index contributed by atoms with van der Waals surface area (Å²) in [6, 6.07) is 8.53. The maximum Gasteiger partial charge on any atom is 0.408 e. The molecule has 12 heteroatoms. The third-order valence-corrected chi connectivity index (χ3v) is 7.04. The molecule has 38 heavy (non-hydrogen) atoms.